The summed E-state index contributed by atoms with van der Waals surface area (Å²) in [6.07, 6.45) is 0.628. The van der Waals surface area contributed by atoms with E-state index in [0.717, 1.165) is 0 Å². The lowest BCUT2D eigenvalue weighted by molar-refractivity contribution is -0.121. The lowest BCUT2D eigenvalue weighted by Gasteiger charge is -2.29. The van der Waals surface area contributed by atoms with Crippen molar-refractivity contribution in [2.45, 2.75) is 26.4 Å². The van der Waals surface area contributed by atoms with E-state index in [0.29, 0.717) is 49.9 Å². The minimum absolute atomic E-state index is 0.139. The van der Waals surface area contributed by atoms with Gasteiger partial charge in [0.05, 0.1) is 13.2 Å². The van der Waals surface area contributed by atoms with Crippen molar-refractivity contribution in [2.75, 3.05) is 31.2 Å². The number of carbonyl (C=O) groups excluding carboxylic acids is 1. The predicted octanol–water partition coefficient (Wildman–Crippen LogP) is 1.75. The summed E-state index contributed by atoms with van der Waals surface area (Å²) in [5.74, 6) is -0.325. The van der Waals surface area contributed by atoms with E-state index in [2.05, 4.69) is 10.3 Å². The minimum Gasteiger partial charge on any atom is -0.378 e. The third-order valence-electron chi connectivity index (χ3n) is 4.49. The normalized spacial score (nSPS) is 14.2. The summed E-state index contributed by atoms with van der Waals surface area (Å²) in [4.78, 5) is 31.5. The van der Waals surface area contributed by atoms with Gasteiger partial charge in [-0.1, -0.05) is 24.6 Å². The lowest BCUT2D eigenvalue weighted by Crippen LogP contribution is -2.42. The molecule has 1 aliphatic heterocycles. The number of benzene rings is 1. The molecule has 7 nitrogen and oxygen atoms in total. The van der Waals surface area contributed by atoms with Crippen LogP contribution < -0.4 is 15.8 Å². The van der Waals surface area contributed by atoms with Crippen LogP contribution in [0.2, 0.25) is 5.02 Å². The summed E-state index contributed by atoms with van der Waals surface area (Å²) in [5.41, 5.74) is 1.00. The molecular formula is C19H22ClFN4O3. The average Bonchev–Trinajstić information content (AvgIpc) is 2.69. The maximum absolute atomic E-state index is 13.1. The smallest absolute Gasteiger partial charge is 0.255 e. The van der Waals surface area contributed by atoms with E-state index in [9.17, 15) is 14.0 Å². The Morgan fingerprint density at radius 1 is 1.32 bits per heavy atom. The number of carbonyl (C=O) groups is 1. The fourth-order valence-corrected chi connectivity index (χ4v) is 3.17. The van der Waals surface area contributed by atoms with E-state index >= 15 is 0 Å². The summed E-state index contributed by atoms with van der Waals surface area (Å²) >= 11 is 5.98. The Balaban J connectivity index is 1.76. The van der Waals surface area contributed by atoms with Gasteiger partial charge in [-0.2, -0.15) is 0 Å². The van der Waals surface area contributed by atoms with Crippen molar-refractivity contribution < 1.29 is 13.9 Å². The maximum atomic E-state index is 13.1. The third-order valence-corrected chi connectivity index (χ3v) is 4.84. The zero-order valence-corrected chi connectivity index (χ0v) is 16.3. The molecule has 150 valence electrons. The highest BCUT2D eigenvalue weighted by Gasteiger charge is 2.20. The second-order valence-electron chi connectivity index (χ2n) is 6.44. The Labute approximate surface area is 167 Å². The van der Waals surface area contributed by atoms with Crippen molar-refractivity contribution in [3.63, 3.8) is 0 Å². The van der Waals surface area contributed by atoms with E-state index in [1.54, 1.807) is 0 Å². The van der Waals surface area contributed by atoms with Gasteiger partial charge < -0.3 is 15.0 Å². The molecular weight excluding hydrogens is 387 g/mol. The summed E-state index contributed by atoms with van der Waals surface area (Å²) in [5, 5.41) is 2.95. The topological polar surface area (TPSA) is 76.5 Å². The summed E-state index contributed by atoms with van der Waals surface area (Å²) in [7, 11) is 0. The number of ether oxygens (including phenoxy) is 1. The summed E-state index contributed by atoms with van der Waals surface area (Å²) in [6, 6.07) is 5.44. The van der Waals surface area contributed by atoms with Gasteiger partial charge in [-0.25, -0.2) is 9.37 Å². The van der Waals surface area contributed by atoms with Crippen LogP contribution in [0.1, 0.15) is 18.2 Å². The summed E-state index contributed by atoms with van der Waals surface area (Å²) < 4.78 is 19.9. The van der Waals surface area contributed by atoms with E-state index < -0.39 is 5.82 Å². The molecule has 28 heavy (non-hydrogen) atoms. The van der Waals surface area contributed by atoms with Gasteiger partial charge in [0.1, 0.15) is 12.4 Å². The molecule has 1 fully saturated rings. The van der Waals surface area contributed by atoms with E-state index in [4.69, 9.17) is 16.3 Å². The molecule has 9 heteroatoms. The van der Waals surface area contributed by atoms with Crippen LogP contribution in [0.15, 0.2) is 29.1 Å². The number of morpholine rings is 1. The second-order valence-corrected chi connectivity index (χ2v) is 6.84. The Morgan fingerprint density at radius 2 is 2.07 bits per heavy atom. The molecule has 0 aliphatic carbocycles. The highest BCUT2D eigenvalue weighted by molar-refractivity contribution is 6.31. The Morgan fingerprint density at radius 3 is 2.75 bits per heavy atom. The molecule has 1 aromatic heterocycles. The van der Waals surface area contributed by atoms with Crippen LogP contribution in [0, 0.1) is 5.82 Å². The third kappa shape index (κ3) is 4.88. The largest absolute Gasteiger partial charge is 0.378 e. The molecule has 0 bridgehead atoms. The van der Waals surface area contributed by atoms with Crippen molar-refractivity contribution in [3.05, 3.63) is 56.7 Å². The number of hydrogen-bond donors (Lipinski definition) is 1. The maximum Gasteiger partial charge on any atom is 0.255 e. The SMILES string of the molecule is CCc1cc(=O)n(CC(=O)NCc2ccc(F)cc2Cl)c(N2CCOCC2)n1. The van der Waals surface area contributed by atoms with Gasteiger partial charge in [0.2, 0.25) is 11.9 Å². The number of amides is 1. The number of nitrogens with one attached hydrogen (secondary N) is 1. The Hall–Kier alpha value is -2.45. The molecule has 1 saturated heterocycles. The van der Waals surface area contributed by atoms with Crippen LogP contribution in [0.5, 0.6) is 0 Å². The number of hydrogen-bond acceptors (Lipinski definition) is 5. The van der Waals surface area contributed by atoms with Gasteiger partial charge in [-0.05, 0) is 24.1 Å². The number of nitrogens with zero attached hydrogens (tertiary/aromatic N) is 3. The summed E-state index contributed by atoms with van der Waals surface area (Å²) in [6.45, 7) is 4.19. The van der Waals surface area contributed by atoms with Crippen molar-refractivity contribution in [2.24, 2.45) is 0 Å². The standard InChI is InChI=1S/C19H22ClFN4O3/c1-2-15-10-18(27)25(19(23-15)24-5-7-28-8-6-24)12-17(26)22-11-13-3-4-14(21)9-16(13)20/h3-4,9-10H,2,5-8,11-12H2,1H3,(H,22,26). The predicted molar refractivity (Wildman–Crippen MR) is 104 cm³/mol. The van der Waals surface area contributed by atoms with Crippen molar-refractivity contribution >= 4 is 23.5 Å². The molecule has 0 spiro atoms. The molecule has 2 aromatic rings. The lowest BCUT2D eigenvalue weighted by atomic mass is 10.2. The van der Waals surface area contributed by atoms with E-state index in [1.807, 2.05) is 11.8 Å². The molecule has 3 rings (SSSR count). The molecule has 1 N–H and O–H groups in total. The molecule has 1 aromatic carbocycles. The Bertz CT molecular complexity index is 913. The van der Waals surface area contributed by atoms with Gasteiger partial charge in [0, 0.05) is 36.4 Å². The fraction of sp³-hybridized carbons (Fsp3) is 0.421. The number of anilines is 1. The monoisotopic (exact) mass is 408 g/mol. The number of aryl methyl sites for hydroxylation is 1. The first-order chi connectivity index (χ1) is 13.5. The first-order valence-corrected chi connectivity index (χ1v) is 9.49. The first kappa shape index (κ1) is 20.3. The van der Waals surface area contributed by atoms with Gasteiger partial charge in [-0.3, -0.25) is 14.2 Å². The zero-order chi connectivity index (χ0) is 20.1. The molecule has 1 aliphatic rings. The molecule has 1 amide bonds. The molecule has 0 atom stereocenters. The first-order valence-electron chi connectivity index (χ1n) is 9.12. The van der Waals surface area contributed by atoms with Crippen molar-refractivity contribution in [1.29, 1.82) is 0 Å². The highest BCUT2D eigenvalue weighted by atomic mass is 35.5. The van der Waals surface area contributed by atoms with E-state index in [1.165, 1.54) is 28.8 Å². The second kappa shape index (κ2) is 9.16. The van der Waals surface area contributed by atoms with Gasteiger partial charge in [-0.15, -0.1) is 0 Å². The van der Waals surface area contributed by atoms with Gasteiger partial charge in [0.25, 0.3) is 5.56 Å². The fourth-order valence-electron chi connectivity index (χ4n) is 2.93. The molecule has 0 unspecified atom stereocenters. The number of rotatable bonds is 6. The number of halogens is 2. The van der Waals surface area contributed by atoms with Crippen molar-refractivity contribution in [1.82, 2.24) is 14.9 Å². The zero-order valence-electron chi connectivity index (χ0n) is 15.6. The average molecular weight is 409 g/mol. The quantitative estimate of drug-likeness (QED) is 0.788. The van der Waals surface area contributed by atoms with Crippen LogP contribution in [-0.4, -0.2) is 41.8 Å². The number of aromatic nitrogens is 2. The van der Waals surface area contributed by atoms with Gasteiger partial charge in [0.15, 0.2) is 0 Å². The molecule has 0 radical (unpaired) electrons. The minimum atomic E-state index is -0.441. The van der Waals surface area contributed by atoms with Crippen LogP contribution in [0.4, 0.5) is 10.3 Å². The molecule has 0 saturated carbocycles. The van der Waals surface area contributed by atoms with E-state index in [-0.39, 0.29) is 29.6 Å². The van der Waals surface area contributed by atoms with Crippen LogP contribution in [0.3, 0.4) is 0 Å². The van der Waals surface area contributed by atoms with Crippen molar-refractivity contribution in [3.8, 4) is 0 Å². The van der Waals surface area contributed by atoms with Crippen LogP contribution in [0.25, 0.3) is 0 Å². The van der Waals surface area contributed by atoms with Gasteiger partial charge >= 0.3 is 0 Å². The Kier molecular flexibility index (Phi) is 6.64. The highest BCUT2D eigenvalue weighted by Crippen LogP contribution is 2.17. The van der Waals surface area contributed by atoms with Crippen LogP contribution in [-0.2, 0) is 29.0 Å². The van der Waals surface area contributed by atoms with Crippen LogP contribution >= 0.6 is 11.6 Å². The molecule has 2 heterocycles.